The maximum atomic E-state index is 12.7. The van der Waals surface area contributed by atoms with Gasteiger partial charge < -0.3 is 15.3 Å². The summed E-state index contributed by atoms with van der Waals surface area (Å²) in [6.45, 7) is 0. The minimum absolute atomic E-state index is 0.209. The number of phenols is 1. The Hall–Kier alpha value is -1.64. The molecule has 74 valence electrons. The molecule has 0 aliphatic carbocycles. The molecule has 0 aliphatic heterocycles. The van der Waals surface area contributed by atoms with Crippen molar-refractivity contribution >= 4 is 0 Å². The van der Waals surface area contributed by atoms with E-state index in [1.807, 2.05) is 0 Å². The second-order valence-corrected chi connectivity index (χ2v) is 2.72. The summed E-state index contributed by atoms with van der Waals surface area (Å²) in [6, 6.07) is 4.29. The van der Waals surface area contributed by atoms with Crippen LogP contribution < -0.4 is 0 Å². The van der Waals surface area contributed by atoms with E-state index in [2.05, 4.69) is 0 Å². The monoisotopic (exact) mass is 197 g/mol. The second-order valence-electron chi connectivity index (χ2n) is 2.72. The molecule has 2 atom stereocenters. The van der Waals surface area contributed by atoms with Crippen molar-refractivity contribution in [2.45, 2.75) is 12.2 Å². The number of aliphatic hydroxyl groups excluding tert-OH is 2. The third-order valence-corrected chi connectivity index (χ3v) is 1.74. The molecule has 1 rings (SSSR count). The Balaban J connectivity index is 3.07. The SMILES string of the molecule is N#CC(O)C(O)c1cc(F)ccc1O. The Morgan fingerprint density at radius 2 is 2.00 bits per heavy atom. The zero-order valence-electron chi connectivity index (χ0n) is 7.05. The minimum atomic E-state index is -1.69. The van der Waals surface area contributed by atoms with Gasteiger partial charge in [0.05, 0.1) is 6.07 Å². The van der Waals surface area contributed by atoms with Crippen LogP contribution in [0.2, 0.25) is 0 Å². The lowest BCUT2D eigenvalue weighted by Crippen LogP contribution is -2.16. The van der Waals surface area contributed by atoms with Gasteiger partial charge in [0.1, 0.15) is 17.7 Å². The highest BCUT2D eigenvalue weighted by Gasteiger charge is 2.21. The molecular formula is C9H8FNO3. The molecule has 1 aromatic rings. The van der Waals surface area contributed by atoms with Crippen molar-refractivity contribution in [3.63, 3.8) is 0 Å². The van der Waals surface area contributed by atoms with Gasteiger partial charge in [0.15, 0.2) is 6.10 Å². The van der Waals surface area contributed by atoms with Crippen LogP contribution in [0.5, 0.6) is 5.75 Å². The van der Waals surface area contributed by atoms with Crippen molar-refractivity contribution in [1.29, 1.82) is 5.26 Å². The molecule has 0 spiro atoms. The Morgan fingerprint density at radius 1 is 1.36 bits per heavy atom. The van der Waals surface area contributed by atoms with Crippen LogP contribution in [0.15, 0.2) is 18.2 Å². The molecule has 4 nitrogen and oxygen atoms in total. The van der Waals surface area contributed by atoms with Crippen molar-refractivity contribution in [2.75, 3.05) is 0 Å². The van der Waals surface area contributed by atoms with Crippen LogP contribution in [0, 0.1) is 17.1 Å². The van der Waals surface area contributed by atoms with E-state index >= 15 is 0 Å². The highest BCUT2D eigenvalue weighted by atomic mass is 19.1. The summed E-state index contributed by atoms with van der Waals surface area (Å²) in [5.41, 5.74) is -0.209. The molecule has 0 fully saturated rings. The Kier molecular flexibility index (Phi) is 3.02. The summed E-state index contributed by atoms with van der Waals surface area (Å²) in [5.74, 6) is -1.03. The second kappa shape index (κ2) is 4.05. The molecule has 3 N–H and O–H groups in total. The van der Waals surface area contributed by atoms with Crippen molar-refractivity contribution in [1.82, 2.24) is 0 Å². The predicted molar refractivity (Wildman–Crippen MR) is 44.6 cm³/mol. The normalized spacial score (nSPS) is 14.4. The zero-order chi connectivity index (χ0) is 10.7. The number of aromatic hydroxyl groups is 1. The van der Waals surface area contributed by atoms with Crippen LogP contribution in [0.4, 0.5) is 4.39 Å². The maximum absolute atomic E-state index is 12.7. The first-order valence-electron chi connectivity index (χ1n) is 3.80. The summed E-state index contributed by atoms with van der Waals surface area (Å²) in [4.78, 5) is 0. The lowest BCUT2D eigenvalue weighted by Gasteiger charge is -2.13. The van der Waals surface area contributed by atoms with Crippen LogP contribution in [0.1, 0.15) is 11.7 Å². The molecule has 1 aromatic carbocycles. The zero-order valence-corrected chi connectivity index (χ0v) is 7.05. The third-order valence-electron chi connectivity index (χ3n) is 1.74. The van der Waals surface area contributed by atoms with Gasteiger partial charge >= 0.3 is 0 Å². The standard InChI is InChI=1S/C9H8FNO3/c10-5-1-2-7(12)6(3-5)9(14)8(13)4-11/h1-3,8-9,12-14H. The predicted octanol–water partition coefficient (Wildman–Crippen LogP) is 0.449. The Labute approximate surface area is 79.5 Å². The topological polar surface area (TPSA) is 84.5 Å². The molecule has 0 amide bonds. The minimum Gasteiger partial charge on any atom is -0.508 e. The quantitative estimate of drug-likeness (QED) is 0.601. The van der Waals surface area contributed by atoms with E-state index in [9.17, 15) is 14.6 Å². The van der Waals surface area contributed by atoms with Gasteiger partial charge in [0, 0.05) is 5.56 Å². The molecule has 5 heteroatoms. The lowest BCUT2D eigenvalue weighted by molar-refractivity contribution is 0.0509. The van der Waals surface area contributed by atoms with E-state index in [0.717, 1.165) is 18.2 Å². The van der Waals surface area contributed by atoms with Gasteiger partial charge in [-0.25, -0.2) is 4.39 Å². The fourth-order valence-electron chi connectivity index (χ4n) is 1.00. The summed E-state index contributed by atoms with van der Waals surface area (Å²) < 4.78 is 12.7. The number of nitriles is 1. The molecule has 0 saturated carbocycles. The van der Waals surface area contributed by atoms with Crippen molar-refractivity contribution in [2.24, 2.45) is 0 Å². The number of hydrogen-bond donors (Lipinski definition) is 3. The number of halogens is 1. The van der Waals surface area contributed by atoms with Gasteiger partial charge in [0.25, 0.3) is 0 Å². The van der Waals surface area contributed by atoms with Crippen LogP contribution in [0.25, 0.3) is 0 Å². The Bertz CT molecular complexity index is 375. The van der Waals surface area contributed by atoms with Gasteiger partial charge in [-0.15, -0.1) is 0 Å². The molecule has 0 aromatic heterocycles. The molecule has 0 bridgehead atoms. The van der Waals surface area contributed by atoms with Gasteiger partial charge in [-0.3, -0.25) is 0 Å². The number of aliphatic hydroxyl groups is 2. The molecule has 0 saturated heterocycles. The van der Waals surface area contributed by atoms with Crippen molar-refractivity contribution in [3.8, 4) is 11.8 Å². The van der Waals surface area contributed by atoms with E-state index in [1.165, 1.54) is 6.07 Å². The van der Waals surface area contributed by atoms with Gasteiger partial charge in [-0.1, -0.05) is 0 Å². The van der Waals surface area contributed by atoms with E-state index in [4.69, 9.17) is 10.4 Å². The highest BCUT2D eigenvalue weighted by molar-refractivity contribution is 5.35. The smallest absolute Gasteiger partial charge is 0.170 e. The average molecular weight is 197 g/mol. The van der Waals surface area contributed by atoms with Gasteiger partial charge in [0.2, 0.25) is 0 Å². The molecule has 14 heavy (non-hydrogen) atoms. The summed E-state index contributed by atoms with van der Waals surface area (Å²) in [5, 5.41) is 35.7. The van der Waals surface area contributed by atoms with E-state index in [0.29, 0.717) is 0 Å². The number of phenolic OH excluding ortho intramolecular Hbond substituents is 1. The van der Waals surface area contributed by atoms with E-state index < -0.39 is 18.0 Å². The van der Waals surface area contributed by atoms with E-state index in [-0.39, 0.29) is 11.3 Å². The first kappa shape index (κ1) is 10.4. The first-order valence-corrected chi connectivity index (χ1v) is 3.80. The summed E-state index contributed by atoms with van der Waals surface area (Å²) in [6.07, 6.45) is -3.31. The number of nitrogens with zero attached hydrogens (tertiary/aromatic N) is 1. The van der Waals surface area contributed by atoms with Crippen LogP contribution in [-0.4, -0.2) is 21.4 Å². The fourth-order valence-corrected chi connectivity index (χ4v) is 1.00. The van der Waals surface area contributed by atoms with Crippen molar-refractivity contribution < 1.29 is 19.7 Å². The molecule has 2 unspecified atom stereocenters. The van der Waals surface area contributed by atoms with Gasteiger partial charge in [-0.05, 0) is 18.2 Å². The third kappa shape index (κ3) is 1.99. The number of rotatable bonds is 2. The fraction of sp³-hybridized carbons (Fsp3) is 0.222. The maximum Gasteiger partial charge on any atom is 0.170 e. The van der Waals surface area contributed by atoms with Crippen LogP contribution >= 0.6 is 0 Å². The van der Waals surface area contributed by atoms with Crippen molar-refractivity contribution in [3.05, 3.63) is 29.6 Å². The number of hydrogen-bond acceptors (Lipinski definition) is 4. The molecule has 0 radical (unpaired) electrons. The molecule has 0 heterocycles. The number of benzene rings is 1. The summed E-state index contributed by atoms with van der Waals surface area (Å²) >= 11 is 0. The highest BCUT2D eigenvalue weighted by Crippen LogP contribution is 2.26. The largest absolute Gasteiger partial charge is 0.508 e. The van der Waals surface area contributed by atoms with Gasteiger partial charge in [-0.2, -0.15) is 5.26 Å². The molecular weight excluding hydrogens is 189 g/mol. The van der Waals surface area contributed by atoms with Crippen LogP contribution in [-0.2, 0) is 0 Å². The van der Waals surface area contributed by atoms with Crippen LogP contribution in [0.3, 0.4) is 0 Å². The van der Waals surface area contributed by atoms with E-state index in [1.54, 1.807) is 0 Å². The molecule has 0 aliphatic rings. The summed E-state index contributed by atoms with van der Waals surface area (Å²) in [7, 11) is 0. The first-order chi connectivity index (χ1) is 6.56. The Morgan fingerprint density at radius 3 is 2.57 bits per heavy atom. The average Bonchev–Trinajstić information content (AvgIpc) is 2.19. The lowest BCUT2D eigenvalue weighted by atomic mass is 10.0.